The summed E-state index contributed by atoms with van der Waals surface area (Å²) >= 11 is 7.91. The average Bonchev–Trinajstić information content (AvgIpc) is 1.57. The summed E-state index contributed by atoms with van der Waals surface area (Å²) in [5.74, 6) is 4.08. The molecule has 0 saturated heterocycles. The van der Waals surface area contributed by atoms with E-state index in [9.17, 15) is 0 Å². The first-order chi connectivity index (χ1) is 49.5. The lowest BCUT2D eigenvalue weighted by Gasteiger charge is -2.33. The van der Waals surface area contributed by atoms with Gasteiger partial charge in [0, 0.05) is 53.2 Å². The van der Waals surface area contributed by atoms with Gasteiger partial charge in [-0.15, -0.1) is 0 Å². The minimum atomic E-state index is -0.0953. The molecule has 2 aromatic heterocycles. The Morgan fingerprint density at radius 3 is 0.822 bits per heavy atom. The summed E-state index contributed by atoms with van der Waals surface area (Å²) in [6.07, 6.45) is 38.6. The first kappa shape index (κ1) is 73.5. The monoisotopic (exact) mass is 1470 g/mol. The molecule has 0 atom stereocenters. The smallest absolute Gasteiger partial charge is 0.164 e. The number of hydrogen-bond acceptors (Lipinski definition) is 6. The maximum absolute atomic E-state index is 5.44. The Kier molecular flexibility index (Phi) is 26.0. The quantitative estimate of drug-likeness (QED) is 0.0359. The molecule has 12 rings (SSSR count). The van der Waals surface area contributed by atoms with Crippen molar-refractivity contribution in [1.82, 2.24) is 29.9 Å². The molecule has 0 amide bonds. The Morgan fingerprint density at radius 1 is 0.248 bits per heavy atom. The lowest BCUT2D eigenvalue weighted by Crippen LogP contribution is -2.25. The standard InChI is InChI=1S/C93H108Br2N6/c1-7-12-17-21-25-29-58-92(59-30-26-22-18-13-8-2)82-62-74(50-54-78(82)80-56-52-76(94)64-84(80)92)90-98-86(70-38-34-66(6)35-39-70)96-88(100-90)72-46-42-68(43-47-72)69-44-48-73(49-45-69)89-97-87(71-40-36-67(37-41-71)33-16-11-5)99-91(101-89)75-51-55-79-81-57-53-77(95)65-85(81)93(83(79)63-75,60-31-27-23-19-14-9-3)61-32-28-24-20-15-10-4/h34-57,62-65H,7-33,58-61H2,1-6H3. The van der Waals surface area contributed by atoms with Gasteiger partial charge in [-0.3, -0.25) is 0 Å². The fourth-order valence-corrected chi connectivity index (χ4v) is 17.1. The molecule has 0 radical (unpaired) electrons. The van der Waals surface area contributed by atoms with Crippen LogP contribution >= 0.6 is 31.9 Å². The van der Waals surface area contributed by atoms with Gasteiger partial charge in [0.2, 0.25) is 0 Å². The fraction of sp³-hybridized carbons (Fsp3) is 0.419. The molecular formula is C93H108Br2N6. The average molecular weight is 1470 g/mol. The van der Waals surface area contributed by atoms with E-state index in [0.717, 1.165) is 98.4 Å². The molecule has 0 spiro atoms. The van der Waals surface area contributed by atoms with Gasteiger partial charge in [-0.25, -0.2) is 29.9 Å². The molecule has 524 valence electrons. The highest BCUT2D eigenvalue weighted by Gasteiger charge is 2.44. The molecule has 0 unspecified atom stereocenters. The zero-order valence-electron chi connectivity index (χ0n) is 61.5. The van der Waals surface area contributed by atoms with Crippen LogP contribution in [0.25, 0.3) is 102 Å². The molecule has 0 aliphatic heterocycles. The highest BCUT2D eigenvalue weighted by Crippen LogP contribution is 2.57. The van der Waals surface area contributed by atoms with Gasteiger partial charge in [0.15, 0.2) is 34.9 Å². The van der Waals surface area contributed by atoms with Crippen molar-refractivity contribution in [2.45, 2.75) is 251 Å². The van der Waals surface area contributed by atoms with Crippen LogP contribution in [0.4, 0.5) is 0 Å². The van der Waals surface area contributed by atoms with Crippen LogP contribution in [-0.2, 0) is 17.3 Å². The number of nitrogens with zero attached hydrogens (tertiary/aromatic N) is 6. The molecular weight excluding hydrogens is 1360 g/mol. The van der Waals surface area contributed by atoms with Crippen molar-refractivity contribution in [2.75, 3.05) is 0 Å². The predicted molar refractivity (Wildman–Crippen MR) is 434 cm³/mol. The molecule has 0 saturated carbocycles. The summed E-state index contributed by atoms with van der Waals surface area (Å²) in [6.45, 7) is 13.6. The summed E-state index contributed by atoms with van der Waals surface area (Å²) in [5, 5.41) is 0. The zero-order chi connectivity index (χ0) is 70.0. The van der Waals surface area contributed by atoms with E-state index in [2.05, 4.69) is 243 Å². The summed E-state index contributed by atoms with van der Waals surface area (Å²) < 4.78 is 2.31. The van der Waals surface area contributed by atoms with Crippen LogP contribution in [0, 0.1) is 6.92 Å². The van der Waals surface area contributed by atoms with Crippen molar-refractivity contribution in [3.63, 3.8) is 0 Å². The number of halogens is 2. The third-order valence-electron chi connectivity index (χ3n) is 22.2. The SMILES string of the molecule is CCCCCCCCC1(CCCCCCCC)c2cc(Br)ccc2-c2ccc(-c3nc(-c4ccc(C)cc4)nc(-c4ccc(-c5ccc(-c6nc(-c7ccc(CCCC)cc7)nc(-c7ccc8c(c7)C(CCCCCCCC)(CCCCCCCC)c7cc(Br)ccc7-8)n6)cc5)cc4)n3)cc21. The van der Waals surface area contributed by atoms with E-state index < -0.39 is 0 Å². The number of rotatable bonds is 38. The first-order valence-electron chi connectivity index (χ1n) is 39.4. The van der Waals surface area contributed by atoms with Crippen LogP contribution in [0.1, 0.15) is 261 Å². The number of hydrogen-bond donors (Lipinski definition) is 0. The van der Waals surface area contributed by atoms with Gasteiger partial charge in [0.25, 0.3) is 0 Å². The van der Waals surface area contributed by atoms with Gasteiger partial charge in [-0.2, -0.15) is 0 Å². The highest BCUT2D eigenvalue weighted by atomic mass is 79.9. The second kappa shape index (κ2) is 35.8. The molecule has 8 heteroatoms. The van der Waals surface area contributed by atoms with E-state index in [1.54, 1.807) is 0 Å². The van der Waals surface area contributed by atoms with Gasteiger partial charge in [-0.1, -0.05) is 366 Å². The van der Waals surface area contributed by atoms with Crippen LogP contribution in [0.15, 0.2) is 179 Å². The molecule has 2 aliphatic rings. The van der Waals surface area contributed by atoms with Gasteiger partial charge in [-0.05, 0) is 143 Å². The maximum atomic E-state index is 5.44. The number of benzene rings is 8. The van der Waals surface area contributed by atoms with Gasteiger partial charge < -0.3 is 0 Å². The Morgan fingerprint density at radius 2 is 0.495 bits per heavy atom. The number of fused-ring (bicyclic) bond motifs is 6. The largest absolute Gasteiger partial charge is 0.208 e. The lowest BCUT2D eigenvalue weighted by molar-refractivity contribution is 0.398. The zero-order valence-corrected chi connectivity index (χ0v) is 64.7. The van der Waals surface area contributed by atoms with Crippen molar-refractivity contribution < 1.29 is 0 Å². The minimum absolute atomic E-state index is 0.0937. The molecule has 2 aliphatic carbocycles. The molecule has 0 bridgehead atoms. The van der Waals surface area contributed by atoms with Crippen molar-refractivity contribution >= 4 is 31.9 Å². The summed E-state index contributed by atoms with van der Waals surface area (Å²) in [4.78, 5) is 32.2. The third-order valence-corrected chi connectivity index (χ3v) is 23.2. The predicted octanol–water partition coefficient (Wildman–Crippen LogP) is 28.4. The number of aromatic nitrogens is 6. The Labute approximate surface area is 622 Å². The van der Waals surface area contributed by atoms with Crippen LogP contribution in [0.5, 0.6) is 0 Å². The molecule has 101 heavy (non-hydrogen) atoms. The number of unbranched alkanes of at least 4 members (excludes halogenated alkanes) is 21. The van der Waals surface area contributed by atoms with Crippen molar-refractivity contribution in [1.29, 1.82) is 0 Å². The minimum Gasteiger partial charge on any atom is -0.208 e. The van der Waals surface area contributed by atoms with Crippen LogP contribution in [0.2, 0.25) is 0 Å². The van der Waals surface area contributed by atoms with Crippen LogP contribution < -0.4 is 0 Å². The summed E-state index contributed by atoms with van der Waals surface area (Å²) in [7, 11) is 0. The van der Waals surface area contributed by atoms with E-state index in [-0.39, 0.29) is 10.8 Å². The van der Waals surface area contributed by atoms with E-state index in [4.69, 9.17) is 29.9 Å². The first-order valence-corrected chi connectivity index (χ1v) is 40.9. The van der Waals surface area contributed by atoms with Gasteiger partial charge >= 0.3 is 0 Å². The Balaban J connectivity index is 0.874. The summed E-state index contributed by atoms with van der Waals surface area (Å²) in [5.41, 5.74) is 21.7. The van der Waals surface area contributed by atoms with E-state index in [0.29, 0.717) is 34.9 Å². The highest BCUT2D eigenvalue weighted by molar-refractivity contribution is 9.10. The van der Waals surface area contributed by atoms with E-state index in [1.807, 2.05) is 0 Å². The Bertz CT molecular complexity index is 4290. The number of aryl methyl sites for hydroxylation is 2. The van der Waals surface area contributed by atoms with Crippen LogP contribution in [0.3, 0.4) is 0 Å². The van der Waals surface area contributed by atoms with E-state index >= 15 is 0 Å². The van der Waals surface area contributed by atoms with Crippen LogP contribution in [-0.4, -0.2) is 29.9 Å². The third kappa shape index (κ3) is 17.5. The normalized spacial score (nSPS) is 13.1. The summed E-state index contributed by atoms with van der Waals surface area (Å²) in [6, 6.07) is 63.3. The molecule has 6 nitrogen and oxygen atoms in total. The molecule has 0 N–H and O–H groups in total. The molecule has 10 aromatic rings. The molecule has 0 fully saturated rings. The lowest BCUT2D eigenvalue weighted by atomic mass is 9.70. The van der Waals surface area contributed by atoms with Gasteiger partial charge in [0.05, 0.1) is 0 Å². The van der Waals surface area contributed by atoms with Crippen molar-refractivity contribution in [2.24, 2.45) is 0 Å². The van der Waals surface area contributed by atoms with Crippen molar-refractivity contribution in [3.8, 4) is 102 Å². The molecule has 8 aromatic carbocycles. The maximum Gasteiger partial charge on any atom is 0.164 e. The van der Waals surface area contributed by atoms with Crippen molar-refractivity contribution in [3.05, 3.63) is 212 Å². The topological polar surface area (TPSA) is 77.3 Å². The second-order valence-corrected chi connectivity index (χ2v) is 31.4. The van der Waals surface area contributed by atoms with E-state index in [1.165, 1.54) is 210 Å². The second-order valence-electron chi connectivity index (χ2n) is 29.6. The molecule has 2 heterocycles. The fourth-order valence-electron chi connectivity index (χ4n) is 16.4. The van der Waals surface area contributed by atoms with Gasteiger partial charge in [0.1, 0.15) is 0 Å². The Hall–Kier alpha value is -7.26.